The SMILES string of the molecule is O=C(c1cc(-c2ccncc2)nc2ccccc12)N1CCCCC1c1cccnc1. The van der Waals surface area contributed by atoms with Crippen LogP contribution >= 0.6 is 0 Å². The summed E-state index contributed by atoms with van der Waals surface area (Å²) >= 11 is 0. The first kappa shape index (κ1) is 18.4. The van der Waals surface area contributed by atoms with E-state index in [9.17, 15) is 4.79 Å². The van der Waals surface area contributed by atoms with Crippen LogP contribution in [-0.4, -0.2) is 32.3 Å². The third-order valence-corrected chi connectivity index (χ3v) is 5.76. The number of carbonyl (C=O) groups excluding carboxylic acids is 1. The van der Waals surface area contributed by atoms with Crippen molar-refractivity contribution in [3.05, 3.63) is 90.5 Å². The lowest BCUT2D eigenvalue weighted by Gasteiger charge is -2.36. The number of hydrogen-bond donors (Lipinski definition) is 0. The van der Waals surface area contributed by atoms with Crippen LogP contribution in [-0.2, 0) is 0 Å². The average molecular weight is 394 g/mol. The van der Waals surface area contributed by atoms with E-state index >= 15 is 0 Å². The number of rotatable bonds is 3. The largest absolute Gasteiger partial charge is 0.332 e. The molecule has 4 aromatic rings. The Hall–Kier alpha value is -3.60. The zero-order chi connectivity index (χ0) is 20.3. The molecule has 0 spiro atoms. The Morgan fingerprint density at radius 1 is 0.933 bits per heavy atom. The highest BCUT2D eigenvalue weighted by Gasteiger charge is 2.30. The maximum atomic E-state index is 13.8. The lowest BCUT2D eigenvalue weighted by Crippen LogP contribution is -2.38. The van der Waals surface area contributed by atoms with E-state index in [1.807, 2.05) is 59.6 Å². The van der Waals surface area contributed by atoms with Gasteiger partial charge in [0.1, 0.15) is 0 Å². The van der Waals surface area contributed by atoms with Gasteiger partial charge < -0.3 is 4.90 Å². The first-order chi connectivity index (χ1) is 14.8. The number of amides is 1. The van der Waals surface area contributed by atoms with Crippen LogP contribution in [0, 0.1) is 0 Å². The molecule has 148 valence electrons. The molecule has 0 N–H and O–H groups in total. The number of aromatic nitrogens is 3. The molecule has 30 heavy (non-hydrogen) atoms. The molecule has 5 nitrogen and oxygen atoms in total. The van der Waals surface area contributed by atoms with Crippen LogP contribution in [0.4, 0.5) is 0 Å². The molecular weight excluding hydrogens is 372 g/mol. The lowest BCUT2D eigenvalue weighted by molar-refractivity contribution is 0.0613. The standard InChI is InChI=1S/C25H22N4O/c30-25(29-15-4-3-9-24(29)19-6-5-12-27-17-19)21-16-23(18-10-13-26-14-11-18)28-22-8-2-1-7-20(21)22/h1-2,5-8,10-14,16-17,24H,3-4,9,15H2. The zero-order valence-electron chi connectivity index (χ0n) is 16.6. The maximum absolute atomic E-state index is 13.8. The molecule has 1 aliphatic heterocycles. The molecule has 3 aromatic heterocycles. The predicted molar refractivity (Wildman–Crippen MR) is 117 cm³/mol. The third-order valence-electron chi connectivity index (χ3n) is 5.76. The summed E-state index contributed by atoms with van der Waals surface area (Å²) in [7, 11) is 0. The molecule has 1 amide bonds. The van der Waals surface area contributed by atoms with Crippen molar-refractivity contribution in [2.75, 3.05) is 6.54 Å². The Labute approximate surface area is 175 Å². The van der Waals surface area contributed by atoms with E-state index in [2.05, 4.69) is 16.0 Å². The number of pyridine rings is 3. The topological polar surface area (TPSA) is 59.0 Å². The van der Waals surface area contributed by atoms with E-state index in [1.165, 1.54) is 0 Å². The van der Waals surface area contributed by atoms with E-state index in [-0.39, 0.29) is 11.9 Å². The first-order valence-electron chi connectivity index (χ1n) is 10.3. The first-order valence-corrected chi connectivity index (χ1v) is 10.3. The summed E-state index contributed by atoms with van der Waals surface area (Å²) < 4.78 is 0. The minimum Gasteiger partial charge on any atom is -0.332 e. The number of hydrogen-bond acceptors (Lipinski definition) is 4. The number of nitrogens with zero attached hydrogens (tertiary/aromatic N) is 4. The Bertz CT molecular complexity index is 1180. The Morgan fingerprint density at radius 3 is 2.63 bits per heavy atom. The van der Waals surface area contributed by atoms with Crippen LogP contribution < -0.4 is 0 Å². The van der Waals surface area contributed by atoms with Gasteiger partial charge in [0.25, 0.3) is 5.91 Å². The van der Waals surface area contributed by atoms with Gasteiger partial charge in [-0.2, -0.15) is 0 Å². The number of piperidine rings is 1. The monoisotopic (exact) mass is 394 g/mol. The summed E-state index contributed by atoms with van der Waals surface area (Å²) in [5.41, 5.74) is 4.35. The fraction of sp³-hybridized carbons (Fsp3) is 0.200. The van der Waals surface area contributed by atoms with Gasteiger partial charge in [-0.15, -0.1) is 0 Å². The quantitative estimate of drug-likeness (QED) is 0.487. The Kier molecular flexibility index (Phi) is 4.93. The molecule has 1 unspecified atom stereocenters. The van der Waals surface area contributed by atoms with Crippen LogP contribution in [0.25, 0.3) is 22.2 Å². The molecule has 5 rings (SSSR count). The highest BCUT2D eigenvalue weighted by molar-refractivity contribution is 6.07. The number of fused-ring (bicyclic) bond motifs is 1. The van der Waals surface area contributed by atoms with Crippen LogP contribution in [0.2, 0.25) is 0 Å². The summed E-state index contributed by atoms with van der Waals surface area (Å²) in [5, 5.41) is 0.885. The molecule has 5 heteroatoms. The lowest BCUT2D eigenvalue weighted by atomic mass is 9.94. The number of likely N-dealkylation sites (tertiary alicyclic amines) is 1. The van der Waals surface area contributed by atoms with Crippen molar-refractivity contribution in [1.29, 1.82) is 0 Å². The molecule has 1 saturated heterocycles. The van der Waals surface area contributed by atoms with E-state index in [0.717, 1.165) is 53.5 Å². The predicted octanol–water partition coefficient (Wildman–Crippen LogP) is 5.06. The van der Waals surface area contributed by atoms with Crippen molar-refractivity contribution in [3.63, 3.8) is 0 Å². The van der Waals surface area contributed by atoms with Crippen LogP contribution in [0.5, 0.6) is 0 Å². The third kappa shape index (κ3) is 3.43. The van der Waals surface area contributed by atoms with Gasteiger partial charge in [0.05, 0.1) is 22.8 Å². The van der Waals surface area contributed by atoms with E-state index in [4.69, 9.17) is 4.98 Å². The van der Waals surface area contributed by atoms with Gasteiger partial charge in [-0.1, -0.05) is 24.3 Å². The smallest absolute Gasteiger partial charge is 0.255 e. The molecule has 0 aliphatic carbocycles. The molecule has 1 atom stereocenters. The van der Waals surface area contributed by atoms with E-state index in [0.29, 0.717) is 5.56 Å². The number of benzene rings is 1. The van der Waals surface area contributed by atoms with Crippen molar-refractivity contribution < 1.29 is 4.79 Å². The van der Waals surface area contributed by atoms with Crippen molar-refractivity contribution in [3.8, 4) is 11.3 Å². The van der Waals surface area contributed by atoms with E-state index < -0.39 is 0 Å². The van der Waals surface area contributed by atoms with Crippen LogP contribution in [0.15, 0.2) is 79.4 Å². The minimum atomic E-state index is 0.0521. The van der Waals surface area contributed by atoms with Crippen molar-refractivity contribution in [2.24, 2.45) is 0 Å². The Morgan fingerprint density at radius 2 is 1.80 bits per heavy atom. The molecule has 4 heterocycles. The summed E-state index contributed by atoms with van der Waals surface area (Å²) in [4.78, 5) is 29.0. The second kappa shape index (κ2) is 8.03. The molecule has 0 saturated carbocycles. The summed E-state index contributed by atoms with van der Waals surface area (Å²) in [5.74, 6) is 0.0532. The number of para-hydroxylation sites is 1. The van der Waals surface area contributed by atoms with Crippen molar-refractivity contribution in [1.82, 2.24) is 19.9 Å². The highest BCUT2D eigenvalue weighted by Crippen LogP contribution is 2.33. The summed E-state index contributed by atoms with van der Waals surface area (Å²) in [6, 6.07) is 17.7. The van der Waals surface area contributed by atoms with Gasteiger partial charge in [0, 0.05) is 42.3 Å². The van der Waals surface area contributed by atoms with Gasteiger partial charge in [0.2, 0.25) is 0 Å². The molecule has 0 radical (unpaired) electrons. The fourth-order valence-electron chi connectivity index (χ4n) is 4.27. The maximum Gasteiger partial charge on any atom is 0.255 e. The van der Waals surface area contributed by atoms with Gasteiger partial charge in [-0.25, -0.2) is 4.98 Å². The van der Waals surface area contributed by atoms with E-state index in [1.54, 1.807) is 18.6 Å². The molecule has 1 aliphatic rings. The molecular formula is C25H22N4O. The molecule has 1 aromatic carbocycles. The minimum absolute atomic E-state index is 0.0521. The van der Waals surface area contributed by atoms with Crippen LogP contribution in [0.3, 0.4) is 0 Å². The van der Waals surface area contributed by atoms with Crippen molar-refractivity contribution >= 4 is 16.8 Å². The summed E-state index contributed by atoms with van der Waals surface area (Å²) in [6.07, 6.45) is 10.2. The average Bonchev–Trinajstić information content (AvgIpc) is 2.84. The van der Waals surface area contributed by atoms with Gasteiger partial charge in [-0.3, -0.25) is 14.8 Å². The highest BCUT2D eigenvalue weighted by atomic mass is 16.2. The van der Waals surface area contributed by atoms with Gasteiger partial charge in [0.15, 0.2) is 0 Å². The normalized spacial score (nSPS) is 16.5. The number of carbonyl (C=O) groups is 1. The Balaban J connectivity index is 1.61. The molecule has 1 fully saturated rings. The van der Waals surface area contributed by atoms with Crippen molar-refractivity contribution in [2.45, 2.75) is 25.3 Å². The van der Waals surface area contributed by atoms with Gasteiger partial charge in [-0.05, 0) is 55.2 Å². The fourth-order valence-corrected chi connectivity index (χ4v) is 4.27. The van der Waals surface area contributed by atoms with Crippen LogP contribution in [0.1, 0.15) is 41.2 Å². The second-order valence-corrected chi connectivity index (χ2v) is 7.60. The summed E-state index contributed by atoms with van der Waals surface area (Å²) in [6.45, 7) is 0.750. The second-order valence-electron chi connectivity index (χ2n) is 7.60. The molecule has 0 bridgehead atoms. The van der Waals surface area contributed by atoms with Gasteiger partial charge >= 0.3 is 0 Å². The zero-order valence-corrected chi connectivity index (χ0v) is 16.6.